The van der Waals surface area contributed by atoms with Crippen LogP contribution in [0.15, 0.2) is 42.7 Å². The summed E-state index contributed by atoms with van der Waals surface area (Å²) < 4.78 is 0. The second-order valence-electron chi connectivity index (χ2n) is 5.06. The van der Waals surface area contributed by atoms with Crippen LogP contribution in [0.3, 0.4) is 0 Å². The number of nitrogens with one attached hydrogen (secondary N) is 1. The molecule has 0 saturated heterocycles. The monoisotopic (exact) mass is 314 g/mol. The van der Waals surface area contributed by atoms with Gasteiger partial charge in [0.25, 0.3) is 0 Å². The first-order valence-corrected chi connectivity index (χ1v) is 7.31. The average molecular weight is 315 g/mol. The molecule has 3 aromatic rings. The Bertz CT molecular complexity index is 790. The van der Waals surface area contributed by atoms with E-state index in [0.717, 1.165) is 22.0 Å². The van der Waals surface area contributed by atoms with E-state index in [1.165, 1.54) is 0 Å². The molecule has 0 bridgehead atoms. The molecule has 0 radical (unpaired) electrons. The van der Waals surface area contributed by atoms with Gasteiger partial charge in [0.1, 0.15) is 5.69 Å². The number of hydrogen-bond donors (Lipinski definition) is 2. The minimum absolute atomic E-state index is 0.409. The Morgan fingerprint density at radius 3 is 2.64 bits per heavy atom. The van der Waals surface area contributed by atoms with Gasteiger partial charge in [-0.15, -0.1) is 10.2 Å². The third kappa shape index (κ3) is 3.00. The van der Waals surface area contributed by atoms with E-state index in [0.29, 0.717) is 17.4 Å². The number of halogens is 1. The van der Waals surface area contributed by atoms with Crippen molar-refractivity contribution in [2.24, 2.45) is 0 Å². The number of aliphatic hydroxyl groups is 1. The average Bonchev–Trinajstić information content (AvgIpc) is 2.53. The molecule has 0 spiro atoms. The number of rotatable bonds is 4. The molecule has 5 nitrogen and oxygen atoms in total. The van der Waals surface area contributed by atoms with Crippen LogP contribution in [-0.2, 0) is 0 Å². The number of aliphatic hydroxyl groups excluding tert-OH is 1. The SMILES string of the molecule is C[C@H](O)CNc1nnc(-c2ccc(Cl)cc2)c2cnccc12. The van der Waals surface area contributed by atoms with Gasteiger partial charge in [-0.25, -0.2) is 0 Å². The van der Waals surface area contributed by atoms with Gasteiger partial charge in [-0.05, 0) is 25.1 Å². The fourth-order valence-corrected chi connectivity index (χ4v) is 2.32. The number of anilines is 1. The standard InChI is InChI=1S/C16H15ClN4O/c1-10(22)8-19-16-13-6-7-18-9-14(13)15(20-21-16)11-2-4-12(17)5-3-11/h2-7,9-10,22H,8H2,1H3,(H,19,21)/t10-/m0/s1. The quantitative estimate of drug-likeness (QED) is 0.774. The Kier molecular flexibility index (Phi) is 4.18. The van der Waals surface area contributed by atoms with Crippen molar-refractivity contribution in [2.45, 2.75) is 13.0 Å². The predicted octanol–water partition coefficient (Wildman–Crippen LogP) is 3.14. The van der Waals surface area contributed by atoms with Crippen LogP contribution in [-0.4, -0.2) is 32.9 Å². The first kappa shape index (κ1) is 14.7. The Labute approximate surface area is 133 Å². The Morgan fingerprint density at radius 2 is 1.91 bits per heavy atom. The lowest BCUT2D eigenvalue weighted by Gasteiger charge is -2.11. The first-order chi connectivity index (χ1) is 10.6. The fraction of sp³-hybridized carbons (Fsp3) is 0.188. The van der Waals surface area contributed by atoms with Gasteiger partial charge < -0.3 is 10.4 Å². The fourth-order valence-electron chi connectivity index (χ4n) is 2.19. The lowest BCUT2D eigenvalue weighted by atomic mass is 10.1. The minimum Gasteiger partial charge on any atom is -0.392 e. The van der Waals surface area contributed by atoms with Crippen LogP contribution in [0.2, 0.25) is 5.02 Å². The molecule has 112 valence electrons. The van der Waals surface area contributed by atoms with Crippen molar-refractivity contribution in [1.82, 2.24) is 15.2 Å². The van der Waals surface area contributed by atoms with Crippen molar-refractivity contribution in [1.29, 1.82) is 0 Å². The van der Waals surface area contributed by atoms with Gasteiger partial charge in [-0.2, -0.15) is 0 Å². The zero-order valence-electron chi connectivity index (χ0n) is 12.0. The summed E-state index contributed by atoms with van der Waals surface area (Å²) in [7, 11) is 0. The highest BCUT2D eigenvalue weighted by Crippen LogP contribution is 2.29. The number of hydrogen-bond acceptors (Lipinski definition) is 5. The Morgan fingerprint density at radius 1 is 1.14 bits per heavy atom. The Balaban J connectivity index is 2.09. The van der Waals surface area contributed by atoms with Crippen molar-refractivity contribution >= 4 is 28.2 Å². The van der Waals surface area contributed by atoms with E-state index in [1.807, 2.05) is 30.3 Å². The maximum absolute atomic E-state index is 9.41. The summed E-state index contributed by atoms with van der Waals surface area (Å²) in [6, 6.07) is 9.33. The van der Waals surface area contributed by atoms with Crippen molar-refractivity contribution in [2.75, 3.05) is 11.9 Å². The van der Waals surface area contributed by atoms with Gasteiger partial charge in [0, 0.05) is 40.3 Å². The van der Waals surface area contributed by atoms with Crippen molar-refractivity contribution in [3.63, 3.8) is 0 Å². The van der Waals surface area contributed by atoms with Crippen molar-refractivity contribution in [3.8, 4) is 11.3 Å². The normalized spacial score (nSPS) is 12.3. The molecule has 2 heterocycles. The summed E-state index contributed by atoms with van der Waals surface area (Å²) in [5.41, 5.74) is 1.68. The van der Waals surface area contributed by atoms with E-state index in [2.05, 4.69) is 20.5 Å². The summed E-state index contributed by atoms with van der Waals surface area (Å²) in [6.07, 6.45) is 3.01. The molecule has 0 unspecified atom stereocenters. The van der Waals surface area contributed by atoms with E-state index < -0.39 is 6.10 Å². The molecule has 0 aliphatic rings. The van der Waals surface area contributed by atoms with E-state index in [-0.39, 0.29) is 0 Å². The highest BCUT2D eigenvalue weighted by atomic mass is 35.5. The molecule has 0 fully saturated rings. The molecule has 0 aliphatic heterocycles. The number of nitrogens with zero attached hydrogens (tertiary/aromatic N) is 3. The molecule has 0 aliphatic carbocycles. The van der Waals surface area contributed by atoms with Gasteiger partial charge in [-0.3, -0.25) is 4.98 Å². The van der Waals surface area contributed by atoms with Crippen LogP contribution in [0, 0.1) is 0 Å². The molecule has 6 heteroatoms. The largest absolute Gasteiger partial charge is 0.392 e. The van der Waals surface area contributed by atoms with Crippen molar-refractivity contribution < 1.29 is 5.11 Å². The van der Waals surface area contributed by atoms with Crippen LogP contribution >= 0.6 is 11.6 Å². The van der Waals surface area contributed by atoms with Crippen molar-refractivity contribution in [3.05, 3.63) is 47.7 Å². The van der Waals surface area contributed by atoms with E-state index in [1.54, 1.807) is 19.3 Å². The molecule has 2 N–H and O–H groups in total. The zero-order valence-corrected chi connectivity index (χ0v) is 12.7. The van der Waals surface area contributed by atoms with Gasteiger partial charge in [-0.1, -0.05) is 23.7 Å². The highest BCUT2D eigenvalue weighted by molar-refractivity contribution is 6.30. The van der Waals surface area contributed by atoms with Crippen LogP contribution < -0.4 is 5.32 Å². The number of benzene rings is 1. The molecule has 3 rings (SSSR count). The zero-order chi connectivity index (χ0) is 15.5. The summed E-state index contributed by atoms with van der Waals surface area (Å²) in [6.45, 7) is 2.12. The molecule has 0 amide bonds. The summed E-state index contributed by atoms with van der Waals surface area (Å²) >= 11 is 5.93. The van der Waals surface area contributed by atoms with E-state index >= 15 is 0 Å². The number of pyridine rings is 1. The molecule has 1 atom stereocenters. The van der Waals surface area contributed by atoms with Crippen LogP contribution in [0.1, 0.15) is 6.92 Å². The molecular formula is C16H15ClN4O. The lowest BCUT2D eigenvalue weighted by molar-refractivity contribution is 0.208. The van der Waals surface area contributed by atoms with Crippen LogP contribution in [0.5, 0.6) is 0 Å². The second-order valence-corrected chi connectivity index (χ2v) is 5.49. The maximum atomic E-state index is 9.41. The van der Waals surface area contributed by atoms with Gasteiger partial charge in [0.2, 0.25) is 0 Å². The number of fused-ring (bicyclic) bond motifs is 1. The van der Waals surface area contributed by atoms with E-state index in [4.69, 9.17) is 11.6 Å². The topological polar surface area (TPSA) is 70.9 Å². The summed E-state index contributed by atoms with van der Waals surface area (Å²) in [5, 5.41) is 23.5. The summed E-state index contributed by atoms with van der Waals surface area (Å²) in [4.78, 5) is 4.18. The molecular weight excluding hydrogens is 300 g/mol. The molecule has 1 aromatic carbocycles. The predicted molar refractivity (Wildman–Crippen MR) is 87.9 cm³/mol. The molecule has 2 aromatic heterocycles. The second kappa shape index (κ2) is 6.25. The summed E-state index contributed by atoms with van der Waals surface area (Å²) in [5.74, 6) is 0.635. The Hall–Kier alpha value is -2.24. The smallest absolute Gasteiger partial charge is 0.156 e. The van der Waals surface area contributed by atoms with Gasteiger partial charge >= 0.3 is 0 Å². The minimum atomic E-state index is -0.463. The first-order valence-electron chi connectivity index (χ1n) is 6.93. The van der Waals surface area contributed by atoms with Crippen LogP contribution in [0.4, 0.5) is 5.82 Å². The molecule has 0 saturated carbocycles. The third-order valence-electron chi connectivity index (χ3n) is 3.26. The molecule has 22 heavy (non-hydrogen) atoms. The third-order valence-corrected chi connectivity index (χ3v) is 3.52. The van der Waals surface area contributed by atoms with Gasteiger partial charge in [0.15, 0.2) is 5.82 Å². The lowest BCUT2D eigenvalue weighted by Crippen LogP contribution is -2.16. The highest BCUT2D eigenvalue weighted by Gasteiger charge is 2.11. The maximum Gasteiger partial charge on any atom is 0.156 e. The van der Waals surface area contributed by atoms with Gasteiger partial charge in [0.05, 0.1) is 6.10 Å². The van der Waals surface area contributed by atoms with Crippen LogP contribution in [0.25, 0.3) is 22.0 Å². The number of aromatic nitrogens is 3. The van der Waals surface area contributed by atoms with E-state index in [9.17, 15) is 5.11 Å².